The zero-order valence-corrected chi connectivity index (χ0v) is 42.5. The van der Waals surface area contributed by atoms with Gasteiger partial charge >= 0.3 is 0 Å². The first-order chi connectivity index (χ1) is 35.0. The summed E-state index contributed by atoms with van der Waals surface area (Å²) in [6.07, 6.45) is 1.86. The monoisotopic (exact) mass is 1030 g/mol. The topological polar surface area (TPSA) is 264 Å². The molecule has 73 heavy (non-hydrogen) atoms. The predicted molar refractivity (Wildman–Crippen MR) is 273 cm³/mol. The molecule has 0 radical (unpaired) electrons. The van der Waals surface area contributed by atoms with E-state index in [0.717, 1.165) is 48.0 Å². The molecule has 3 aromatic carbocycles. The van der Waals surface area contributed by atoms with Crippen molar-refractivity contribution in [1.82, 2.24) is 35.1 Å². The van der Waals surface area contributed by atoms with E-state index in [2.05, 4.69) is 51.1 Å². The minimum atomic E-state index is -3.71. The molecule has 22 nitrogen and oxygen atoms in total. The molecule has 3 aliphatic rings. The van der Waals surface area contributed by atoms with Crippen LogP contribution in [0.2, 0.25) is 0 Å². The van der Waals surface area contributed by atoms with Gasteiger partial charge in [0.15, 0.2) is 0 Å². The molecule has 3 aliphatic heterocycles. The van der Waals surface area contributed by atoms with Gasteiger partial charge in [-0.05, 0) is 94.8 Å². The number of aromatic nitrogens is 2. The van der Waals surface area contributed by atoms with Crippen molar-refractivity contribution < 1.29 is 51.3 Å². The van der Waals surface area contributed by atoms with Crippen LogP contribution in [-0.4, -0.2) is 168 Å². The number of amides is 5. The number of hydrogen-bond donors (Lipinski definition) is 6. The summed E-state index contributed by atoms with van der Waals surface area (Å²) >= 11 is 0. The number of carbonyl (C=O) groups is 5. The van der Waals surface area contributed by atoms with Gasteiger partial charge in [0.25, 0.3) is 11.8 Å². The fraction of sp³-hybridized carbons (Fsp3) is 0.460. The van der Waals surface area contributed by atoms with Gasteiger partial charge in [-0.1, -0.05) is 6.07 Å². The van der Waals surface area contributed by atoms with Gasteiger partial charge < -0.3 is 45.1 Å². The maximum atomic E-state index is 13.0. The molecule has 1 aromatic heterocycles. The van der Waals surface area contributed by atoms with E-state index in [1.165, 1.54) is 0 Å². The van der Waals surface area contributed by atoms with E-state index < -0.39 is 45.2 Å². The van der Waals surface area contributed by atoms with Crippen LogP contribution >= 0.6 is 0 Å². The smallest absolute Gasteiger partial charge is 0.262 e. The zero-order valence-electron chi connectivity index (χ0n) is 41.7. The van der Waals surface area contributed by atoms with Crippen molar-refractivity contribution in [2.45, 2.75) is 57.0 Å². The first-order valence-corrected chi connectivity index (χ1v) is 25.8. The van der Waals surface area contributed by atoms with E-state index in [9.17, 15) is 32.4 Å². The number of rotatable bonds is 26. The molecule has 23 heteroatoms. The summed E-state index contributed by atoms with van der Waals surface area (Å²) in [6.45, 7) is 14.5. The molecule has 7 rings (SSSR count). The lowest BCUT2D eigenvalue weighted by Gasteiger charge is -2.35. The van der Waals surface area contributed by atoms with Crippen LogP contribution in [0.15, 0.2) is 77.8 Å². The van der Waals surface area contributed by atoms with Crippen LogP contribution in [0.1, 0.15) is 59.9 Å². The Kier molecular flexibility index (Phi) is 18.8. The number of sulfonamides is 1. The number of piperazine rings is 1. The predicted octanol–water partition coefficient (Wildman–Crippen LogP) is 3.17. The number of benzene rings is 3. The molecule has 0 spiro atoms. The second kappa shape index (κ2) is 25.4. The summed E-state index contributed by atoms with van der Waals surface area (Å²) in [6, 6.07) is 18.4. The van der Waals surface area contributed by atoms with E-state index in [-0.39, 0.29) is 34.8 Å². The average molecular weight is 1030 g/mol. The lowest BCUT2D eigenvalue weighted by molar-refractivity contribution is -0.136. The zero-order chi connectivity index (χ0) is 52.0. The highest BCUT2D eigenvalue weighted by atomic mass is 32.2. The molecule has 0 saturated carbocycles. The highest BCUT2D eigenvalue weighted by molar-refractivity contribution is 7.89. The molecule has 392 valence electrons. The van der Waals surface area contributed by atoms with Crippen molar-refractivity contribution >= 4 is 74.1 Å². The van der Waals surface area contributed by atoms with Crippen LogP contribution in [0.4, 0.5) is 34.5 Å². The van der Waals surface area contributed by atoms with Gasteiger partial charge in [0, 0.05) is 85.7 Å². The summed E-state index contributed by atoms with van der Waals surface area (Å²) in [5.74, 6) is -1.30. The Morgan fingerprint density at radius 2 is 1.40 bits per heavy atom. The summed E-state index contributed by atoms with van der Waals surface area (Å²) in [5.41, 5.74) is 3.68. The molecule has 0 aliphatic carbocycles. The fourth-order valence-corrected chi connectivity index (χ4v) is 9.61. The average Bonchev–Trinajstić information content (AvgIpc) is 3.59. The van der Waals surface area contributed by atoms with Crippen molar-refractivity contribution in [1.29, 1.82) is 0 Å². The van der Waals surface area contributed by atoms with Crippen LogP contribution in [-0.2, 0) is 43.4 Å². The van der Waals surface area contributed by atoms with Crippen molar-refractivity contribution in [2.75, 3.05) is 120 Å². The first-order valence-electron chi connectivity index (χ1n) is 24.3. The van der Waals surface area contributed by atoms with Crippen molar-refractivity contribution in [2.24, 2.45) is 0 Å². The van der Waals surface area contributed by atoms with Crippen LogP contribution in [0.5, 0.6) is 0 Å². The number of piperidine rings is 1. The molecule has 2 fully saturated rings. The van der Waals surface area contributed by atoms with E-state index >= 15 is 0 Å². The van der Waals surface area contributed by atoms with E-state index in [1.54, 1.807) is 69.4 Å². The Hall–Kier alpha value is -6.60. The van der Waals surface area contributed by atoms with Gasteiger partial charge in [-0.2, -0.15) is 4.98 Å². The van der Waals surface area contributed by atoms with Gasteiger partial charge in [0.05, 0.1) is 75.4 Å². The minimum Gasteiger partial charge on any atom is -0.383 e. The Morgan fingerprint density at radius 1 is 0.753 bits per heavy atom. The third kappa shape index (κ3) is 15.7. The molecule has 2 saturated heterocycles. The SMILES string of the molecule is Cc1cnc(Nc2ccc(N3CCN(CC(=O)NCCOCCOCCOCCOCCNc4ccc5c(c4)C(=O)N(C4CCC(=O)NC4=O)C5=O)CC3)cc2)nc1Nc1cccc(S(=O)(=O)NC(C)(C)C)c1. The summed E-state index contributed by atoms with van der Waals surface area (Å²) < 4.78 is 50.8. The number of imide groups is 2. The number of nitrogens with zero attached hydrogens (tertiary/aromatic N) is 5. The first kappa shape index (κ1) is 54.2. The Morgan fingerprint density at radius 3 is 2.07 bits per heavy atom. The van der Waals surface area contributed by atoms with Crippen LogP contribution in [0.25, 0.3) is 0 Å². The van der Waals surface area contributed by atoms with Gasteiger partial charge in [-0.3, -0.25) is 39.1 Å². The highest BCUT2D eigenvalue weighted by Gasteiger charge is 2.44. The van der Waals surface area contributed by atoms with Crippen molar-refractivity contribution in [3.05, 3.63) is 89.6 Å². The molecule has 4 heterocycles. The maximum Gasteiger partial charge on any atom is 0.262 e. The van der Waals surface area contributed by atoms with E-state index in [4.69, 9.17) is 18.9 Å². The maximum absolute atomic E-state index is 13.0. The van der Waals surface area contributed by atoms with E-state index in [1.807, 2.05) is 31.2 Å². The van der Waals surface area contributed by atoms with Gasteiger partial charge in [-0.25, -0.2) is 18.1 Å². The number of anilines is 6. The Bertz CT molecular complexity index is 2700. The third-order valence-corrected chi connectivity index (χ3v) is 13.5. The molecular weight excluding hydrogens is 963 g/mol. The van der Waals surface area contributed by atoms with Gasteiger partial charge in [0.2, 0.25) is 33.7 Å². The molecule has 1 atom stereocenters. The number of aryl methyl sites for hydroxylation is 1. The summed E-state index contributed by atoms with van der Waals surface area (Å²) in [5, 5.41) is 14.8. The second-order valence-electron chi connectivity index (χ2n) is 18.6. The summed E-state index contributed by atoms with van der Waals surface area (Å²) in [4.78, 5) is 76.9. The lowest BCUT2D eigenvalue weighted by Crippen LogP contribution is -2.54. The molecule has 0 bridgehead atoms. The van der Waals surface area contributed by atoms with E-state index in [0.29, 0.717) is 95.6 Å². The van der Waals surface area contributed by atoms with Crippen molar-refractivity contribution in [3.63, 3.8) is 0 Å². The van der Waals surface area contributed by atoms with Gasteiger partial charge in [-0.15, -0.1) is 0 Å². The van der Waals surface area contributed by atoms with Crippen molar-refractivity contribution in [3.8, 4) is 0 Å². The minimum absolute atomic E-state index is 0.0511. The largest absolute Gasteiger partial charge is 0.383 e. The number of fused-ring (bicyclic) bond motifs is 1. The highest BCUT2D eigenvalue weighted by Crippen LogP contribution is 2.30. The van der Waals surface area contributed by atoms with Gasteiger partial charge in [0.1, 0.15) is 11.9 Å². The Balaban J connectivity index is 0.679. The van der Waals surface area contributed by atoms with Crippen LogP contribution in [0.3, 0.4) is 0 Å². The molecule has 1 unspecified atom stereocenters. The lowest BCUT2D eigenvalue weighted by atomic mass is 10.0. The van der Waals surface area contributed by atoms with Crippen LogP contribution in [0, 0.1) is 6.92 Å². The van der Waals surface area contributed by atoms with Crippen LogP contribution < -0.4 is 36.2 Å². The standard InChI is InChI=1S/C50H65N11O11S/c1-34-32-53-49(57-45(34)54-37-6-5-7-39(30-37)73(67,68)58-50(2,3)4)55-35-8-11-38(12-9-35)60-20-18-59(19-21-60)33-44(63)52-17-23-70-25-27-72-29-28-71-26-24-69-22-16-51-36-10-13-40-41(31-36)48(66)61(47(40)65)42-14-15-43(62)56-46(42)64/h5-13,30-32,42,51,58H,14-29,33H2,1-4H3,(H,52,63)(H,56,62,64)(H2,53,54,55,57). The molecule has 6 N–H and O–H groups in total. The normalized spacial score (nSPS) is 16.4. The fourth-order valence-electron chi connectivity index (χ4n) is 8.15. The second-order valence-corrected chi connectivity index (χ2v) is 20.3. The number of ether oxygens (including phenoxy) is 4. The summed E-state index contributed by atoms with van der Waals surface area (Å²) in [7, 11) is -3.71. The number of hydrogen-bond acceptors (Lipinski definition) is 18. The molecule has 5 amide bonds. The number of nitrogens with one attached hydrogen (secondary N) is 6. The molecular formula is C50H65N11O11S. The quantitative estimate of drug-likeness (QED) is 0.0390. The number of carbonyl (C=O) groups excluding carboxylic acids is 5. The molecule has 4 aromatic rings. The Labute approximate surface area is 425 Å². The third-order valence-electron chi connectivity index (χ3n) is 11.7.